The minimum Gasteiger partial charge on any atom is -0.378 e. The zero-order valence-corrected chi connectivity index (χ0v) is 15.5. The average molecular weight is 334 g/mol. The molecule has 0 aliphatic carbocycles. The number of fused-ring (bicyclic) bond motifs is 3. The van der Waals surface area contributed by atoms with Crippen LogP contribution in [0.5, 0.6) is 0 Å². The topological polar surface area (TPSA) is 15.7 Å². The quantitative estimate of drug-likeness (QED) is 0.833. The lowest BCUT2D eigenvalue weighted by Gasteiger charge is -2.39. The van der Waals surface area contributed by atoms with E-state index < -0.39 is 5.72 Å². The van der Waals surface area contributed by atoms with Crippen molar-refractivity contribution in [1.82, 2.24) is 0 Å². The molecule has 3 nitrogen and oxygen atoms in total. The molecule has 1 atom stereocenters. The predicted molar refractivity (Wildman–Crippen MR) is 105 cm³/mol. The summed E-state index contributed by atoms with van der Waals surface area (Å²) in [4.78, 5) is 4.54. The summed E-state index contributed by atoms with van der Waals surface area (Å²) in [5, 5.41) is 0. The second-order valence-corrected chi connectivity index (χ2v) is 7.66. The van der Waals surface area contributed by atoms with Gasteiger partial charge in [-0.15, -0.1) is 0 Å². The van der Waals surface area contributed by atoms with Crippen molar-refractivity contribution >= 4 is 17.5 Å². The highest BCUT2D eigenvalue weighted by molar-refractivity contribution is 5.70. The van der Waals surface area contributed by atoms with Gasteiger partial charge < -0.3 is 14.5 Å². The Morgan fingerprint density at radius 3 is 2.48 bits per heavy atom. The van der Waals surface area contributed by atoms with Gasteiger partial charge in [0.2, 0.25) is 0 Å². The van der Waals surface area contributed by atoms with Gasteiger partial charge in [0.25, 0.3) is 0 Å². The molecule has 0 aromatic heterocycles. The number of rotatable bonds is 3. The number of ether oxygens (including phenoxy) is 1. The Labute approximate surface area is 150 Å². The number of benzene rings is 2. The summed E-state index contributed by atoms with van der Waals surface area (Å²) in [6, 6.07) is 17.3. The lowest BCUT2D eigenvalue weighted by Crippen LogP contribution is -2.51. The molecule has 2 aliphatic rings. The fourth-order valence-corrected chi connectivity index (χ4v) is 4.22. The van der Waals surface area contributed by atoms with Gasteiger partial charge in [0, 0.05) is 37.4 Å². The SMILES string of the molecule is CN(C)c1ccc(C=CC23OCCN2c2ccccc2C3(C)C)cc1. The third-order valence-corrected chi connectivity index (χ3v) is 5.71. The van der Waals surface area contributed by atoms with E-state index in [1.165, 1.54) is 22.5 Å². The maximum absolute atomic E-state index is 6.38. The Kier molecular flexibility index (Phi) is 3.66. The summed E-state index contributed by atoms with van der Waals surface area (Å²) in [6.45, 7) is 6.28. The Hall–Kier alpha value is -2.26. The van der Waals surface area contributed by atoms with Crippen LogP contribution in [0.25, 0.3) is 6.08 Å². The maximum Gasteiger partial charge on any atom is 0.170 e. The average Bonchev–Trinajstić information content (AvgIpc) is 3.12. The van der Waals surface area contributed by atoms with E-state index in [-0.39, 0.29) is 5.41 Å². The first kappa shape index (κ1) is 16.2. The minimum atomic E-state index is -0.406. The molecule has 0 radical (unpaired) electrons. The largest absolute Gasteiger partial charge is 0.378 e. The number of para-hydroxylation sites is 1. The second-order valence-electron chi connectivity index (χ2n) is 7.66. The van der Waals surface area contributed by atoms with E-state index in [1.807, 2.05) is 0 Å². The van der Waals surface area contributed by atoms with E-state index in [4.69, 9.17) is 4.74 Å². The van der Waals surface area contributed by atoms with Crippen molar-refractivity contribution in [1.29, 1.82) is 0 Å². The first-order valence-electron chi connectivity index (χ1n) is 8.93. The third-order valence-electron chi connectivity index (χ3n) is 5.71. The molecule has 4 rings (SSSR count). The smallest absolute Gasteiger partial charge is 0.170 e. The predicted octanol–water partition coefficient (Wildman–Crippen LogP) is 4.29. The highest BCUT2D eigenvalue weighted by Gasteiger charge is 2.58. The van der Waals surface area contributed by atoms with Crippen LogP contribution in [0, 0.1) is 0 Å². The van der Waals surface area contributed by atoms with Crippen LogP contribution >= 0.6 is 0 Å². The molecule has 0 N–H and O–H groups in total. The van der Waals surface area contributed by atoms with Crippen LogP contribution in [0.1, 0.15) is 25.0 Å². The van der Waals surface area contributed by atoms with Gasteiger partial charge in [-0.25, -0.2) is 0 Å². The number of anilines is 2. The number of hydrogen-bond donors (Lipinski definition) is 0. The second kappa shape index (κ2) is 5.63. The van der Waals surface area contributed by atoms with Gasteiger partial charge in [-0.1, -0.05) is 50.3 Å². The van der Waals surface area contributed by atoms with Crippen molar-refractivity contribution in [2.75, 3.05) is 37.0 Å². The monoisotopic (exact) mass is 334 g/mol. The molecule has 2 aromatic carbocycles. The Morgan fingerprint density at radius 1 is 1.04 bits per heavy atom. The summed E-state index contributed by atoms with van der Waals surface area (Å²) in [5.74, 6) is 0. The molecule has 0 spiro atoms. The van der Waals surface area contributed by atoms with Crippen molar-refractivity contribution in [3.63, 3.8) is 0 Å². The molecule has 1 unspecified atom stereocenters. The van der Waals surface area contributed by atoms with Crippen LogP contribution in [-0.2, 0) is 10.2 Å². The maximum atomic E-state index is 6.38. The van der Waals surface area contributed by atoms with E-state index in [1.54, 1.807) is 0 Å². The van der Waals surface area contributed by atoms with E-state index in [9.17, 15) is 0 Å². The fraction of sp³-hybridized carbons (Fsp3) is 0.364. The van der Waals surface area contributed by atoms with Crippen molar-refractivity contribution in [3.8, 4) is 0 Å². The van der Waals surface area contributed by atoms with Gasteiger partial charge in [-0.3, -0.25) is 0 Å². The zero-order valence-electron chi connectivity index (χ0n) is 15.5. The van der Waals surface area contributed by atoms with Gasteiger partial charge in [-0.05, 0) is 35.4 Å². The molecule has 2 heterocycles. The highest BCUT2D eigenvalue weighted by Crippen LogP contribution is 2.54. The zero-order chi connectivity index (χ0) is 17.7. The molecule has 3 heteroatoms. The molecular formula is C22H26N2O. The molecule has 0 bridgehead atoms. The normalized spacial score (nSPS) is 23.8. The molecule has 130 valence electrons. The summed E-state index contributed by atoms with van der Waals surface area (Å²) in [7, 11) is 4.12. The van der Waals surface area contributed by atoms with Gasteiger partial charge >= 0.3 is 0 Å². The summed E-state index contributed by atoms with van der Waals surface area (Å²) in [5.41, 5.74) is 4.57. The number of nitrogens with zero attached hydrogens (tertiary/aromatic N) is 2. The van der Waals surface area contributed by atoms with Gasteiger partial charge in [0.1, 0.15) is 0 Å². The van der Waals surface area contributed by atoms with Crippen LogP contribution in [-0.4, -0.2) is 33.0 Å². The molecule has 1 saturated heterocycles. The molecule has 0 amide bonds. The molecule has 25 heavy (non-hydrogen) atoms. The van der Waals surface area contributed by atoms with E-state index in [0.717, 1.165) is 13.2 Å². The Bertz CT molecular complexity index is 807. The number of hydrogen-bond acceptors (Lipinski definition) is 3. The minimum absolute atomic E-state index is 0.0971. The van der Waals surface area contributed by atoms with Crippen molar-refractivity contribution in [3.05, 3.63) is 65.7 Å². The first-order valence-corrected chi connectivity index (χ1v) is 8.93. The van der Waals surface area contributed by atoms with Crippen molar-refractivity contribution in [2.24, 2.45) is 0 Å². The molecule has 0 saturated carbocycles. The third kappa shape index (κ3) is 2.30. The molecule has 1 fully saturated rings. The lowest BCUT2D eigenvalue weighted by molar-refractivity contribution is 0.000337. The Morgan fingerprint density at radius 2 is 1.76 bits per heavy atom. The standard InChI is InChI=1S/C22H26N2O/c1-21(2)19-7-5-6-8-20(19)24-15-16-25-22(21,24)14-13-17-9-11-18(12-10-17)23(3)4/h5-14H,15-16H2,1-4H3. The van der Waals surface area contributed by atoms with Crippen LogP contribution in [0.15, 0.2) is 54.6 Å². The van der Waals surface area contributed by atoms with Crippen molar-refractivity contribution in [2.45, 2.75) is 25.0 Å². The van der Waals surface area contributed by atoms with Crippen LogP contribution in [0.2, 0.25) is 0 Å². The lowest BCUT2D eigenvalue weighted by atomic mass is 9.77. The summed E-state index contributed by atoms with van der Waals surface area (Å²) in [6.07, 6.45) is 4.45. The van der Waals surface area contributed by atoms with E-state index in [0.29, 0.717) is 0 Å². The molecule has 2 aromatic rings. The van der Waals surface area contributed by atoms with Crippen LogP contribution in [0.4, 0.5) is 11.4 Å². The van der Waals surface area contributed by atoms with Gasteiger partial charge in [-0.2, -0.15) is 0 Å². The van der Waals surface area contributed by atoms with E-state index >= 15 is 0 Å². The van der Waals surface area contributed by atoms with Gasteiger partial charge in [0.15, 0.2) is 5.72 Å². The molecular weight excluding hydrogens is 308 g/mol. The van der Waals surface area contributed by atoms with Crippen LogP contribution < -0.4 is 9.80 Å². The van der Waals surface area contributed by atoms with Crippen molar-refractivity contribution < 1.29 is 4.74 Å². The fourth-order valence-electron chi connectivity index (χ4n) is 4.22. The van der Waals surface area contributed by atoms with Crippen LogP contribution in [0.3, 0.4) is 0 Å². The Balaban J connectivity index is 1.71. The van der Waals surface area contributed by atoms with E-state index in [2.05, 4.69) is 98.4 Å². The summed E-state index contributed by atoms with van der Waals surface area (Å²) >= 11 is 0. The first-order chi connectivity index (χ1) is 12.0. The molecule has 2 aliphatic heterocycles. The highest BCUT2D eigenvalue weighted by atomic mass is 16.5. The van der Waals surface area contributed by atoms with Gasteiger partial charge in [0.05, 0.1) is 6.61 Å². The summed E-state index contributed by atoms with van der Waals surface area (Å²) < 4.78 is 6.38.